The van der Waals surface area contributed by atoms with Gasteiger partial charge >= 0.3 is 0 Å². The Balaban J connectivity index is 2.84. The maximum atomic E-state index is 11.6. The highest BCUT2D eigenvalue weighted by Gasteiger charge is 2.21. The second kappa shape index (κ2) is 7.41. The minimum atomic E-state index is 0.0818. The summed E-state index contributed by atoms with van der Waals surface area (Å²) in [6, 6.07) is 12.5. The average Bonchev–Trinajstić information content (AvgIpc) is 2.52. The highest BCUT2D eigenvalue weighted by atomic mass is 31.1. The Kier molecular flexibility index (Phi) is 5.76. The number of hydrogen-bond donors (Lipinski definition) is 0. The van der Waals surface area contributed by atoms with Gasteiger partial charge in [-0.15, -0.1) is 0 Å². The van der Waals surface area contributed by atoms with E-state index in [-0.39, 0.29) is 8.46 Å². The van der Waals surface area contributed by atoms with Crippen molar-refractivity contribution in [2.24, 2.45) is 0 Å². The van der Waals surface area contributed by atoms with Gasteiger partial charge in [0.15, 0.2) is 8.46 Å². The number of benzene rings is 2. The van der Waals surface area contributed by atoms with Gasteiger partial charge in [0.05, 0.1) is 5.30 Å². The van der Waals surface area contributed by atoms with Crippen LogP contribution in [0.1, 0.15) is 76.0 Å². The molecule has 2 aromatic rings. The molecule has 122 valence electrons. The summed E-state index contributed by atoms with van der Waals surface area (Å²) < 4.78 is 11.6. The summed E-state index contributed by atoms with van der Waals surface area (Å²) in [5.74, 6) is 1.41. The first-order valence-electron chi connectivity index (χ1n) is 8.47. The van der Waals surface area contributed by atoms with Gasteiger partial charge in [-0.1, -0.05) is 71.9 Å². The highest BCUT2D eigenvalue weighted by Crippen LogP contribution is 2.39. The second-order valence-corrected chi connectivity index (χ2v) is 7.77. The van der Waals surface area contributed by atoms with Gasteiger partial charge in [0.25, 0.3) is 0 Å². The van der Waals surface area contributed by atoms with Crippen molar-refractivity contribution in [3.8, 4) is 11.1 Å². The quantitative estimate of drug-likeness (QED) is 0.563. The lowest BCUT2D eigenvalue weighted by molar-refractivity contribution is 0.603. The van der Waals surface area contributed by atoms with E-state index in [2.05, 4.69) is 59.7 Å². The minimum Gasteiger partial charge on any atom is -0.269 e. The van der Waals surface area contributed by atoms with Crippen LogP contribution in [0.2, 0.25) is 0 Å². The summed E-state index contributed by atoms with van der Waals surface area (Å²) >= 11 is 0. The molecule has 0 fully saturated rings. The summed E-state index contributed by atoms with van der Waals surface area (Å²) in [6.07, 6.45) is 0. The molecule has 23 heavy (non-hydrogen) atoms. The molecule has 0 heterocycles. The molecule has 0 saturated carbocycles. The van der Waals surface area contributed by atoms with E-state index in [0.29, 0.717) is 17.8 Å². The third-order valence-corrected chi connectivity index (χ3v) is 4.98. The molecule has 2 rings (SSSR count). The molecule has 0 N–H and O–H groups in total. The van der Waals surface area contributed by atoms with Crippen LogP contribution in [0.4, 0.5) is 0 Å². The molecule has 0 aliphatic carbocycles. The monoisotopic (exact) mass is 326 g/mol. The van der Waals surface area contributed by atoms with Crippen molar-refractivity contribution in [1.82, 2.24) is 0 Å². The third-order valence-electron chi connectivity index (χ3n) is 4.39. The van der Waals surface area contributed by atoms with E-state index in [4.69, 9.17) is 0 Å². The van der Waals surface area contributed by atoms with Crippen LogP contribution in [0, 0.1) is 0 Å². The molecule has 0 aliphatic heterocycles. The zero-order valence-electron chi connectivity index (χ0n) is 15.1. The van der Waals surface area contributed by atoms with Crippen LogP contribution < -0.4 is 5.30 Å². The Hall–Kier alpha value is -1.46. The second-order valence-electron chi connectivity index (χ2n) is 7.10. The van der Waals surface area contributed by atoms with Crippen molar-refractivity contribution >= 4 is 13.8 Å². The molecule has 0 spiro atoms. The van der Waals surface area contributed by atoms with E-state index in [0.717, 1.165) is 10.9 Å². The van der Waals surface area contributed by atoms with Crippen LogP contribution in [-0.4, -0.2) is 0 Å². The van der Waals surface area contributed by atoms with Crippen LogP contribution >= 0.6 is 8.46 Å². The Morgan fingerprint density at radius 1 is 0.696 bits per heavy atom. The van der Waals surface area contributed by atoms with Gasteiger partial charge in [-0.2, -0.15) is 0 Å². The fourth-order valence-electron chi connectivity index (χ4n) is 3.44. The number of rotatable bonds is 5. The van der Waals surface area contributed by atoms with Crippen molar-refractivity contribution in [2.45, 2.75) is 59.3 Å². The van der Waals surface area contributed by atoms with Crippen molar-refractivity contribution in [3.05, 3.63) is 53.1 Å². The highest BCUT2D eigenvalue weighted by molar-refractivity contribution is 7.34. The summed E-state index contributed by atoms with van der Waals surface area (Å²) in [5.41, 5.74) is 6.62. The van der Waals surface area contributed by atoms with Crippen molar-refractivity contribution in [2.75, 3.05) is 0 Å². The van der Waals surface area contributed by atoms with Crippen LogP contribution in [0.15, 0.2) is 36.4 Å². The van der Waals surface area contributed by atoms with Crippen molar-refractivity contribution in [1.29, 1.82) is 0 Å². The predicted octanol–water partition coefficient (Wildman–Crippen LogP) is 6.64. The van der Waals surface area contributed by atoms with Gasteiger partial charge in [-0.25, -0.2) is 0 Å². The zero-order valence-corrected chi connectivity index (χ0v) is 15.9. The summed E-state index contributed by atoms with van der Waals surface area (Å²) in [6.45, 7) is 13.6. The van der Waals surface area contributed by atoms with Crippen molar-refractivity contribution < 1.29 is 4.57 Å². The molecule has 0 aromatic heterocycles. The Bertz CT molecular complexity index is 699. The minimum absolute atomic E-state index is 0.0818. The molecule has 0 bridgehead atoms. The lowest BCUT2D eigenvalue weighted by Crippen LogP contribution is -2.09. The molecule has 0 radical (unpaired) electrons. The standard InChI is InChI=1S/C21H27OP/c1-13(2)16-11-12-18(17-9-7-8-10-19(17)23-22)21(15(5)6)20(16)14(3)4/h7-15H,1-6H3. The molecule has 1 nitrogen and oxygen atoms in total. The maximum absolute atomic E-state index is 11.6. The molecular weight excluding hydrogens is 299 g/mol. The number of hydrogen-bond acceptors (Lipinski definition) is 1. The first-order valence-corrected chi connectivity index (χ1v) is 9.29. The predicted molar refractivity (Wildman–Crippen MR) is 101 cm³/mol. The Labute approximate surface area is 142 Å². The lowest BCUT2D eigenvalue weighted by Gasteiger charge is -2.26. The molecule has 0 saturated heterocycles. The molecule has 0 amide bonds. The smallest absolute Gasteiger partial charge is 0.192 e. The first-order chi connectivity index (χ1) is 10.9. The summed E-state index contributed by atoms with van der Waals surface area (Å²) in [7, 11) is 0.0818. The maximum Gasteiger partial charge on any atom is 0.192 e. The fourth-order valence-corrected chi connectivity index (χ4v) is 3.88. The van der Waals surface area contributed by atoms with Gasteiger partial charge in [0.1, 0.15) is 0 Å². The largest absolute Gasteiger partial charge is 0.269 e. The Morgan fingerprint density at radius 3 is 1.83 bits per heavy atom. The van der Waals surface area contributed by atoms with Gasteiger partial charge in [0, 0.05) is 0 Å². The van der Waals surface area contributed by atoms with Gasteiger partial charge in [-0.3, -0.25) is 4.57 Å². The topological polar surface area (TPSA) is 17.1 Å². The summed E-state index contributed by atoms with van der Waals surface area (Å²) in [5, 5.41) is 0.862. The molecule has 0 atom stereocenters. The molecule has 2 heteroatoms. The van der Waals surface area contributed by atoms with E-state index >= 15 is 0 Å². The Morgan fingerprint density at radius 2 is 1.30 bits per heavy atom. The van der Waals surface area contributed by atoms with Crippen LogP contribution in [0.3, 0.4) is 0 Å². The van der Waals surface area contributed by atoms with E-state index in [9.17, 15) is 4.57 Å². The van der Waals surface area contributed by atoms with E-state index in [1.807, 2.05) is 18.2 Å². The zero-order chi connectivity index (χ0) is 17.1. The molecular formula is C21H27OP. The molecule has 0 unspecified atom stereocenters. The SMILES string of the molecule is CC(C)c1ccc(-c2ccccc2P=O)c(C(C)C)c1C(C)C. The van der Waals surface area contributed by atoms with Gasteiger partial charge in [-0.05, 0) is 51.6 Å². The van der Waals surface area contributed by atoms with Crippen molar-refractivity contribution in [3.63, 3.8) is 0 Å². The normalized spacial score (nSPS) is 11.9. The first kappa shape index (κ1) is 17.9. The van der Waals surface area contributed by atoms with E-state index < -0.39 is 0 Å². The third kappa shape index (κ3) is 3.56. The molecule has 0 aliphatic rings. The fraction of sp³-hybridized carbons (Fsp3) is 0.429. The molecule has 2 aromatic carbocycles. The van der Waals surface area contributed by atoms with Crippen LogP contribution in [0.25, 0.3) is 11.1 Å². The van der Waals surface area contributed by atoms with E-state index in [1.54, 1.807) is 0 Å². The summed E-state index contributed by atoms with van der Waals surface area (Å²) in [4.78, 5) is 0. The van der Waals surface area contributed by atoms with Gasteiger partial charge < -0.3 is 0 Å². The van der Waals surface area contributed by atoms with Crippen LogP contribution in [0.5, 0.6) is 0 Å². The van der Waals surface area contributed by atoms with E-state index in [1.165, 1.54) is 22.3 Å². The lowest BCUT2D eigenvalue weighted by atomic mass is 9.79. The van der Waals surface area contributed by atoms with Crippen LogP contribution in [-0.2, 0) is 4.57 Å². The average molecular weight is 326 g/mol. The van der Waals surface area contributed by atoms with Gasteiger partial charge in [0.2, 0.25) is 0 Å².